The Hall–Kier alpha value is -3.60. The van der Waals surface area contributed by atoms with Crippen LogP contribution < -0.4 is 10.3 Å². The Labute approximate surface area is 149 Å². The topological polar surface area (TPSA) is 75.2 Å². The maximum absolute atomic E-state index is 12.3. The van der Waals surface area contributed by atoms with Gasteiger partial charge in [0.25, 0.3) is 5.56 Å². The van der Waals surface area contributed by atoms with Gasteiger partial charge < -0.3 is 14.8 Å². The summed E-state index contributed by atoms with van der Waals surface area (Å²) in [4.78, 5) is 19.4. The third-order valence-corrected chi connectivity index (χ3v) is 4.24. The molecule has 5 nitrogen and oxygen atoms in total. The molecule has 0 spiro atoms. The smallest absolute Gasteiger partial charge is 0.274 e. The molecule has 0 atom stereocenters. The molecule has 0 aliphatic rings. The first-order chi connectivity index (χ1) is 12.7. The molecule has 0 aliphatic heterocycles. The van der Waals surface area contributed by atoms with E-state index in [1.807, 2.05) is 48.5 Å². The van der Waals surface area contributed by atoms with E-state index in [4.69, 9.17) is 4.74 Å². The molecule has 1 heterocycles. The molecule has 0 saturated carbocycles. The van der Waals surface area contributed by atoms with Gasteiger partial charge in [0.15, 0.2) is 0 Å². The van der Waals surface area contributed by atoms with Crippen molar-refractivity contribution >= 4 is 33.6 Å². The highest BCUT2D eigenvalue weighted by Gasteiger charge is 2.11. The van der Waals surface area contributed by atoms with Gasteiger partial charge in [-0.15, -0.1) is 0 Å². The average Bonchev–Trinajstić information content (AvgIpc) is 2.67. The molecule has 0 amide bonds. The number of aromatic amines is 1. The Morgan fingerprint density at radius 3 is 2.54 bits per heavy atom. The molecule has 0 unspecified atom stereocenters. The number of fused-ring (bicyclic) bond motifs is 2. The first-order valence-electron chi connectivity index (χ1n) is 8.12. The molecule has 4 rings (SSSR count). The zero-order chi connectivity index (χ0) is 18.1. The number of methoxy groups -OCH3 is 1. The molecule has 3 aromatic carbocycles. The summed E-state index contributed by atoms with van der Waals surface area (Å²) in [6.45, 7) is 0. The third kappa shape index (κ3) is 2.80. The van der Waals surface area contributed by atoms with Crippen molar-refractivity contribution in [2.24, 2.45) is 0 Å². The van der Waals surface area contributed by atoms with Crippen LogP contribution in [0.15, 0.2) is 65.5 Å². The SMILES string of the molecule is COc1cc2ccccc2cc1/C(O)=C/c1nc2ccccc2[nH]c1=O. The molecule has 4 aromatic rings. The van der Waals surface area contributed by atoms with Crippen molar-refractivity contribution < 1.29 is 9.84 Å². The van der Waals surface area contributed by atoms with Crippen LogP contribution in [0.1, 0.15) is 11.3 Å². The highest BCUT2D eigenvalue weighted by molar-refractivity contribution is 5.90. The number of rotatable bonds is 3. The Kier molecular flexibility index (Phi) is 3.89. The number of aromatic nitrogens is 2. The quantitative estimate of drug-likeness (QED) is 0.548. The monoisotopic (exact) mass is 344 g/mol. The van der Waals surface area contributed by atoms with E-state index in [0.29, 0.717) is 22.3 Å². The normalized spacial score (nSPS) is 11.8. The Bertz CT molecular complexity index is 1210. The van der Waals surface area contributed by atoms with Gasteiger partial charge in [0.1, 0.15) is 17.2 Å². The largest absolute Gasteiger partial charge is 0.507 e. The number of H-pyrrole nitrogens is 1. The van der Waals surface area contributed by atoms with Crippen LogP contribution >= 0.6 is 0 Å². The van der Waals surface area contributed by atoms with Gasteiger partial charge in [0, 0.05) is 6.08 Å². The van der Waals surface area contributed by atoms with E-state index < -0.39 is 0 Å². The standard InChI is InChI=1S/C21H16N2O3/c1-26-20-11-14-7-3-2-6-13(14)10-15(20)19(24)12-18-21(25)23-17-9-5-4-8-16(17)22-18/h2-12,24H,1H3,(H,23,25)/b19-12-. The van der Waals surface area contributed by atoms with Crippen molar-refractivity contribution in [3.8, 4) is 5.75 Å². The Morgan fingerprint density at radius 2 is 1.77 bits per heavy atom. The lowest BCUT2D eigenvalue weighted by Crippen LogP contribution is -2.12. The number of aliphatic hydroxyl groups excluding tert-OH is 1. The Morgan fingerprint density at radius 1 is 1.08 bits per heavy atom. The zero-order valence-electron chi connectivity index (χ0n) is 14.1. The molecule has 0 saturated heterocycles. The molecule has 128 valence electrons. The van der Waals surface area contributed by atoms with Crippen LogP contribution in [-0.2, 0) is 0 Å². The van der Waals surface area contributed by atoms with E-state index >= 15 is 0 Å². The minimum atomic E-state index is -0.366. The lowest BCUT2D eigenvalue weighted by atomic mass is 10.0. The minimum Gasteiger partial charge on any atom is -0.507 e. The first kappa shape index (κ1) is 15.9. The molecular weight excluding hydrogens is 328 g/mol. The number of ether oxygens (including phenoxy) is 1. The Balaban J connectivity index is 1.87. The number of benzene rings is 3. The van der Waals surface area contributed by atoms with Crippen molar-refractivity contribution in [3.05, 3.63) is 82.3 Å². The van der Waals surface area contributed by atoms with Crippen LogP contribution in [0.5, 0.6) is 5.75 Å². The second-order valence-electron chi connectivity index (χ2n) is 5.90. The fourth-order valence-corrected chi connectivity index (χ4v) is 2.94. The first-order valence-corrected chi connectivity index (χ1v) is 8.12. The molecule has 0 fully saturated rings. The lowest BCUT2D eigenvalue weighted by molar-refractivity contribution is 0.409. The fourth-order valence-electron chi connectivity index (χ4n) is 2.94. The van der Waals surface area contributed by atoms with Crippen LogP contribution in [0.3, 0.4) is 0 Å². The van der Waals surface area contributed by atoms with Crippen LogP contribution in [0.4, 0.5) is 0 Å². The van der Waals surface area contributed by atoms with Gasteiger partial charge in [-0.05, 0) is 35.0 Å². The number of hydrogen-bond acceptors (Lipinski definition) is 4. The lowest BCUT2D eigenvalue weighted by Gasteiger charge is -2.10. The van der Waals surface area contributed by atoms with E-state index in [2.05, 4.69) is 9.97 Å². The molecule has 0 radical (unpaired) electrons. The molecule has 26 heavy (non-hydrogen) atoms. The van der Waals surface area contributed by atoms with Gasteiger partial charge in [-0.2, -0.15) is 0 Å². The van der Waals surface area contributed by atoms with E-state index in [0.717, 1.165) is 10.8 Å². The number of nitrogens with one attached hydrogen (secondary N) is 1. The summed E-state index contributed by atoms with van der Waals surface area (Å²) in [5.41, 5.74) is 1.57. The summed E-state index contributed by atoms with van der Waals surface area (Å²) in [5, 5.41) is 12.6. The van der Waals surface area contributed by atoms with Crippen molar-refractivity contribution in [2.75, 3.05) is 7.11 Å². The highest BCUT2D eigenvalue weighted by Crippen LogP contribution is 2.30. The van der Waals surface area contributed by atoms with Gasteiger partial charge in [0.05, 0.1) is 23.7 Å². The van der Waals surface area contributed by atoms with Gasteiger partial charge in [0.2, 0.25) is 0 Å². The summed E-state index contributed by atoms with van der Waals surface area (Å²) in [6, 6.07) is 18.7. The highest BCUT2D eigenvalue weighted by atomic mass is 16.5. The van der Waals surface area contributed by atoms with Crippen LogP contribution in [0.25, 0.3) is 33.6 Å². The predicted octanol–water partition coefficient (Wildman–Crippen LogP) is 4.14. The van der Waals surface area contributed by atoms with Crippen LogP contribution in [0, 0.1) is 0 Å². The maximum Gasteiger partial charge on any atom is 0.274 e. The number of para-hydroxylation sites is 2. The number of aliphatic hydroxyl groups is 1. The van der Waals surface area contributed by atoms with E-state index in [-0.39, 0.29) is 17.0 Å². The van der Waals surface area contributed by atoms with Gasteiger partial charge >= 0.3 is 0 Å². The minimum absolute atomic E-state index is 0.0825. The average molecular weight is 344 g/mol. The van der Waals surface area contributed by atoms with E-state index in [9.17, 15) is 9.90 Å². The maximum atomic E-state index is 12.3. The summed E-state index contributed by atoms with van der Waals surface area (Å²) >= 11 is 0. The van der Waals surface area contributed by atoms with Crippen LogP contribution in [0.2, 0.25) is 0 Å². The summed E-state index contributed by atoms with van der Waals surface area (Å²) in [7, 11) is 1.54. The van der Waals surface area contributed by atoms with Gasteiger partial charge in [-0.25, -0.2) is 4.98 Å². The molecule has 0 bridgehead atoms. The van der Waals surface area contributed by atoms with E-state index in [1.165, 1.54) is 6.08 Å². The molecular formula is C21H16N2O3. The fraction of sp³-hybridized carbons (Fsp3) is 0.0476. The predicted molar refractivity (Wildman–Crippen MR) is 103 cm³/mol. The molecule has 5 heteroatoms. The molecule has 1 aromatic heterocycles. The number of nitrogens with zero attached hydrogens (tertiary/aromatic N) is 1. The van der Waals surface area contributed by atoms with Crippen LogP contribution in [-0.4, -0.2) is 22.2 Å². The third-order valence-electron chi connectivity index (χ3n) is 4.24. The molecule has 2 N–H and O–H groups in total. The van der Waals surface area contributed by atoms with Crippen molar-refractivity contribution in [2.45, 2.75) is 0 Å². The summed E-state index contributed by atoms with van der Waals surface area (Å²) in [5.74, 6) is 0.440. The summed E-state index contributed by atoms with van der Waals surface area (Å²) in [6.07, 6.45) is 1.36. The van der Waals surface area contributed by atoms with Gasteiger partial charge in [-0.1, -0.05) is 36.4 Å². The van der Waals surface area contributed by atoms with Crippen molar-refractivity contribution in [1.29, 1.82) is 0 Å². The molecule has 0 aliphatic carbocycles. The second kappa shape index (κ2) is 6.37. The summed E-state index contributed by atoms with van der Waals surface area (Å²) < 4.78 is 5.41. The van der Waals surface area contributed by atoms with Gasteiger partial charge in [-0.3, -0.25) is 4.79 Å². The number of hydrogen-bond donors (Lipinski definition) is 2. The van der Waals surface area contributed by atoms with Crippen molar-refractivity contribution in [1.82, 2.24) is 9.97 Å². The van der Waals surface area contributed by atoms with E-state index in [1.54, 1.807) is 19.2 Å². The zero-order valence-corrected chi connectivity index (χ0v) is 14.1. The second-order valence-corrected chi connectivity index (χ2v) is 5.90. The van der Waals surface area contributed by atoms with Crippen molar-refractivity contribution in [3.63, 3.8) is 0 Å².